The predicted molar refractivity (Wildman–Crippen MR) is 92.5 cm³/mol. The van der Waals surface area contributed by atoms with Crippen molar-refractivity contribution in [3.05, 3.63) is 46.4 Å². The van der Waals surface area contributed by atoms with Crippen LogP contribution >= 0.6 is 0 Å². The van der Waals surface area contributed by atoms with Crippen molar-refractivity contribution in [1.29, 1.82) is 0 Å². The molecule has 0 atom stereocenters. The molecule has 25 heavy (non-hydrogen) atoms. The van der Waals surface area contributed by atoms with Crippen LogP contribution in [0.2, 0.25) is 0 Å². The van der Waals surface area contributed by atoms with E-state index in [1.165, 1.54) is 9.58 Å². The van der Waals surface area contributed by atoms with Crippen LogP contribution in [0.4, 0.5) is 5.69 Å². The minimum Gasteiger partial charge on any atom is -0.747 e. The van der Waals surface area contributed by atoms with Crippen molar-refractivity contribution in [2.24, 2.45) is 13.0 Å². The van der Waals surface area contributed by atoms with Crippen molar-refractivity contribution < 1.29 is 42.5 Å². The number of hydrogen-bond donors (Lipinski definition) is 0. The van der Waals surface area contributed by atoms with E-state index in [9.17, 15) is 17.8 Å². The van der Waals surface area contributed by atoms with Crippen LogP contribution in [0, 0.1) is 12.8 Å². The molecular formula is C16H22N3NaO4S. The Balaban J connectivity index is 0.00000312. The third-order valence-corrected chi connectivity index (χ3v) is 4.37. The Morgan fingerprint density at radius 3 is 2.24 bits per heavy atom. The molecule has 0 amide bonds. The van der Waals surface area contributed by atoms with E-state index in [0.717, 1.165) is 0 Å². The summed E-state index contributed by atoms with van der Waals surface area (Å²) in [6.45, 7) is 5.84. The summed E-state index contributed by atoms with van der Waals surface area (Å²) in [5.74, 6) is -0.629. The Morgan fingerprint density at radius 1 is 1.20 bits per heavy atom. The van der Waals surface area contributed by atoms with E-state index in [1.54, 1.807) is 30.8 Å². The molecule has 132 valence electrons. The summed E-state index contributed by atoms with van der Waals surface area (Å²) in [6, 6.07) is 9.07. The predicted octanol–water partition coefficient (Wildman–Crippen LogP) is -1.55. The molecule has 0 saturated heterocycles. The molecule has 0 N–H and O–H groups in total. The molecule has 1 aromatic heterocycles. The molecule has 0 radical (unpaired) electrons. The largest absolute Gasteiger partial charge is 1.00 e. The van der Waals surface area contributed by atoms with Crippen molar-refractivity contribution in [2.75, 3.05) is 17.3 Å². The third kappa shape index (κ3) is 5.21. The standard InChI is InChI=1S/C16H23N3O4S.Na/c1-12(2)10-18(11-24(21,22)23)15-13(3)17(4)19(16(15)20)14-8-6-5-7-9-14;/h5-9,12H,10-11H2,1-4H3,(H,21,22,23);/q;+1/p-1. The van der Waals surface area contributed by atoms with E-state index in [0.29, 0.717) is 17.9 Å². The number of para-hydroxylation sites is 1. The van der Waals surface area contributed by atoms with Gasteiger partial charge < -0.3 is 9.45 Å². The summed E-state index contributed by atoms with van der Waals surface area (Å²) in [5.41, 5.74) is 1.18. The van der Waals surface area contributed by atoms with Crippen LogP contribution in [0.3, 0.4) is 0 Å². The quantitative estimate of drug-likeness (QED) is 0.451. The second-order valence-electron chi connectivity index (χ2n) is 6.21. The maximum atomic E-state index is 12.9. The molecule has 0 fully saturated rings. The summed E-state index contributed by atoms with van der Waals surface area (Å²) >= 11 is 0. The first-order chi connectivity index (χ1) is 11.1. The van der Waals surface area contributed by atoms with Crippen LogP contribution in [0.25, 0.3) is 5.69 Å². The molecule has 0 aliphatic rings. The van der Waals surface area contributed by atoms with Crippen molar-refractivity contribution in [1.82, 2.24) is 9.36 Å². The Kier molecular flexibility index (Phi) is 7.52. The van der Waals surface area contributed by atoms with Crippen molar-refractivity contribution in [2.45, 2.75) is 20.8 Å². The van der Waals surface area contributed by atoms with Gasteiger partial charge in [-0.3, -0.25) is 9.48 Å². The molecule has 2 aromatic rings. The third-order valence-electron chi connectivity index (χ3n) is 3.74. The Hall–Kier alpha value is -1.06. The zero-order valence-corrected chi connectivity index (χ0v) is 18.1. The molecule has 0 bridgehead atoms. The van der Waals surface area contributed by atoms with Gasteiger partial charge in [0.1, 0.15) is 21.7 Å². The molecule has 0 unspecified atom stereocenters. The van der Waals surface area contributed by atoms with Crippen molar-refractivity contribution in [3.8, 4) is 5.69 Å². The molecule has 0 saturated carbocycles. The van der Waals surface area contributed by atoms with Crippen LogP contribution in [0.5, 0.6) is 0 Å². The minimum absolute atomic E-state index is 0. The minimum atomic E-state index is -4.50. The van der Waals surface area contributed by atoms with Gasteiger partial charge >= 0.3 is 29.6 Å². The second kappa shape index (κ2) is 8.55. The first-order valence-electron chi connectivity index (χ1n) is 7.64. The van der Waals surface area contributed by atoms with Crippen LogP contribution in [-0.4, -0.2) is 34.8 Å². The molecule has 2 rings (SSSR count). The van der Waals surface area contributed by atoms with Crippen molar-refractivity contribution >= 4 is 15.8 Å². The van der Waals surface area contributed by atoms with Crippen LogP contribution in [-0.2, 0) is 17.2 Å². The van der Waals surface area contributed by atoms with Crippen LogP contribution in [0.15, 0.2) is 35.1 Å². The number of rotatable bonds is 6. The van der Waals surface area contributed by atoms with E-state index >= 15 is 0 Å². The van der Waals surface area contributed by atoms with Gasteiger partial charge in [0, 0.05) is 13.6 Å². The monoisotopic (exact) mass is 375 g/mol. The normalized spacial score (nSPS) is 11.4. The van der Waals surface area contributed by atoms with E-state index in [2.05, 4.69) is 0 Å². The summed E-state index contributed by atoms with van der Waals surface area (Å²) in [7, 11) is -2.77. The summed E-state index contributed by atoms with van der Waals surface area (Å²) in [6.07, 6.45) is 0. The summed E-state index contributed by atoms with van der Waals surface area (Å²) in [4.78, 5) is 14.3. The van der Waals surface area contributed by atoms with E-state index in [-0.39, 0.29) is 46.7 Å². The number of hydrogen-bond acceptors (Lipinski definition) is 5. The molecule has 9 heteroatoms. The average Bonchev–Trinajstić information content (AvgIpc) is 2.67. The molecule has 1 aromatic carbocycles. The maximum absolute atomic E-state index is 12.9. The molecule has 7 nitrogen and oxygen atoms in total. The molecule has 1 heterocycles. The second-order valence-corrected chi connectivity index (χ2v) is 7.59. The molecule has 0 aliphatic heterocycles. The smallest absolute Gasteiger partial charge is 0.747 e. The van der Waals surface area contributed by atoms with Crippen molar-refractivity contribution in [3.63, 3.8) is 0 Å². The zero-order valence-electron chi connectivity index (χ0n) is 15.3. The van der Waals surface area contributed by atoms with Crippen LogP contribution < -0.4 is 40.0 Å². The first kappa shape index (κ1) is 22.0. The number of anilines is 1. The fourth-order valence-corrected chi connectivity index (χ4v) is 3.37. The van der Waals surface area contributed by atoms with Gasteiger partial charge in [0.2, 0.25) is 0 Å². The van der Waals surface area contributed by atoms with E-state index < -0.39 is 16.0 Å². The average molecular weight is 375 g/mol. The fourth-order valence-electron chi connectivity index (χ4n) is 2.76. The van der Waals surface area contributed by atoms with E-state index in [1.807, 2.05) is 32.0 Å². The van der Waals surface area contributed by atoms with E-state index in [4.69, 9.17) is 0 Å². The number of nitrogens with zero attached hydrogens (tertiary/aromatic N) is 3. The fraction of sp³-hybridized carbons (Fsp3) is 0.438. The summed E-state index contributed by atoms with van der Waals surface area (Å²) in [5, 5.41) is 0. The summed E-state index contributed by atoms with van der Waals surface area (Å²) < 4.78 is 36.9. The Labute approximate surface area is 170 Å². The number of benzene rings is 1. The molecule has 0 aliphatic carbocycles. The Bertz CT molecular complexity index is 873. The molecule has 0 spiro atoms. The number of aromatic nitrogens is 2. The van der Waals surface area contributed by atoms with Gasteiger partial charge in [0.05, 0.1) is 11.4 Å². The maximum Gasteiger partial charge on any atom is 1.00 e. The molecular weight excluding hydrogens is 353 g/mol. The van der Waals surface area contributed by atoms with Gasteiger partial charge in [-0.15, -0.1) is 0 Å². The van der Waals surface area contributed by atoms with Gasteiger partial charge in [0.25, 0.3) is 5.56 Å². The zero-order chi connectivity index (χ0) is 18.1. The SMILES string of the molecule is Cc1c(N(CC(C)C)CS(=O)(=O)[O-])c(=O)n(-c2ccccc2)n1C.[Na+]. The topological polar surface area (TPSA) is 87.4 Å². The first-order valence-corrected chi connectivity index (χ1v) is 9.22. The van der Waals surface area contributed by atoms with Gasteiger partial charge in [-0.05, 0) is 25.0 Å². The Morgan fingerprint density at radius 2 is 1.76 bits per heavy atom. The van der Waals surface area contributed by atoms with Crippen LogP contribution in [0.1, 0.15) is 19.5 Å². The van der Waals surface area contributed by atoms with Gasteiger partial charge in [-0.1, -0.05) is 32.0 Å². The van der Waals surface area contributed by atoms with Gasteiger partial charge in [0.15, 0.2) is 0 Å². The van der Waals surface area contributed by atoms with Gasteiger partial charge in [-0.2, -0.15) is 0 Å². The van der Waals surface area contributed by atoms with Gasteiger partial charge in [-0.25, -0.2) is 13.1 Å².